The third-order valence-corrected chi connectivity index (χ3v) is 3.76. The molecule has 90 valence electrons. The summed E-state index contributed by atoms with van der Waals surface area (Å²) in [4.78, 5) is 14.0. The van der Waals surface area contributed by atoms with Gasteiger partial charge in [-0.2, -0.15) is 0 Å². The summed E-state index contributed by atoms with van der Waals surface area (Å²) in [6.45, 7) is 0.356. The molecule has 3 nitrogen and oxygen atoms in total. The number of isocyanates is 1. The Balaban J connectivity index is 2.56. The number of benzene rings is 1. The molecule has 0 bridgehead atoms. The summed E-state index contributed by atoms with van der Waals surface area (Å²) in [6.07, 6.45) is 6.15. The predicted molar refractivity (Wildman–Crippen MR) is 69.2 cm³/mol. The maximum absolute atomic E-state index is 10.3. The van der Waals surface area contributed by atoms with Gasteiger partial charge in [0.25, 0.3) is 0 Å². The zero-order chi connectivity index (χ0) is 12.3. The Bertz CT molecular complexity index is 479. The smallest absolute Gasteiger partial charge is 0.235 e. The van der Waals surface area contributed by atoms with Crippen LogP contribution in [0.1, 0.15) is 29.5 Å². The molecule has 1 aliphatic rings. The van der Waals surface area contributed by atoms with Crippen LogP contribution in [-0.4, -0.2) is 13.2 Å². The van der Waals surface area contributed by atoms with E-state index in [1.54, 1.807) is 13.2 Å². The molecule has 17 heavy (non-hydrogen) atoms. The standard InChI is InChI=1S/C13H14BrNO2/c1-17-13-11(7-15-8-16)10-5-3-2-4-9(10)6-12(13)14/h6H,2-5,7H2,1H3. The highest BCUT2D eigenvalue weighted by molar-refractivity contribution is 9.10. The van der Waals surface area contributed by atoms with Gasteiger partial charge in [0.05, 0.1) is 18.1 Å². The SMILES string of the molecule is COc1c(Br)cc2c(c1CN=C=O)CCCC2. The summed E-state index contributed by atoms with van der Waals surface area (Å²) in [5.41, 5.74) is 3.68. The Labute approximate surface area is 109 Å². The molecule has 1 aromatic carbocycles. The van der Waals surface area contributed by atoms with E-state index in [9.17, 15) is 4.79 Å². The third kappa shape index (κ3) is 2.43. The first-order valence-corrected chi connectivity index (χ1v) is 6.48. The first-order valence-electron chi connectivity index (χ1n) is 5.68. The highest BCUT2D eigenvalue weighted by Crippen LogP contribution is 2.37. The summed E-state index contributed by atoms with van der Waals surface area (Å²) < 4.78 is 6.34. The van der Waals surface area contributed by atoms with Crippen molar-refractivity contribution in [3.63, 3.8) is 0 Å². The number of hydrogen-bond acceptors (Lipinski definition) is 3. The van der Waals surface area contributed by atoms with Crippen molar-refractivity contribution in [2.75, 3.05) is 7.11 Å². The van der Waals surface area contributed by atoms with Crippen LogP contribution in [0.5, 0.6) is 5.75 Å². The Morgan fingerprint density at radius 3 is 2.94 bits per heavy atom. The molecular weight excluding hydrogens is 282 g/mol. The molecule has 0 atom stereocenters. The quantitative estimate of drug-likeness (QED) is 0.635. The van der Waals surface area contributed by atoms with Crippen molar-refractivity contribution in [3.8, 4) is 5.75 Å². The van der Waals surface area contributed by atoms with Crippen LogP contribution >= 0.6 is 15.9 Å². The molecule has 0 amide bonds. The lowest BCUT2D eigenvalue weighted by molar-refractivity contribution is 0.405. The number of ether oxygens (including phenoxy) is 1. The van der Waals surface area contributed by atoms with Gasteiger partial charge in [-0.3, -0.25) is 0 Å². The number of halogens is 1. The molecule has 0 unspecified atom stereocenters. The number of aryl methyl sites for hydroxylation is 1. The second-order valence-corrected chi connectivity index (χ2v) is 4.98. The Morgan fingerprint density at radius 1 is 1.47 bits per heavy atom. The van der Waals surface area contributed by atoms with Gasteiger partial charge in [-0.05, 0) is 58.8 Å². The van der Waals surface area contributed by atoms with Gasteiger partial charge in [0.1, 0.15) is 5.75 Å². The Kier molecular flexibility index (Phi) is 3.97. The number of fused-ring (bicyclic) bond motifs is 1. The Hall–Kier alpha value is -1.12. The molecule has 0 fully saturated rings. The predicted octanol–water partition coefficient (Wildman–Crippen LogP) is 3.17. The minimum atomic E-state index is 0.356. The normalized spacial score (nSPS) is 13.8. The molecule has 4 heteroatoms. The summed E-state index contributed by atoms with van der Waals surface area (Å²) in [5.74, 6) is 0.796. The summed E-state index contributed by atoms with van der Waals surface area (Å²) in [5, 5.41) is 0. The first-order chi connectivity index (χ1) is 8.27. The number of carbonyl (C=O) groups excluding carboxylic acids is 1. The van der Waals surface area contributed by atoms with E-state index in [4.69, 9.17) is 4.74 Å². The van der Waals surface area contributed by atoms with Crippen LogP contribution in [0.3, 0.4) is 0 Å². The molecule has 0 saturated heterocycles. The van der Waals surface area contributed by atoms with Gasteiger partial charge < -0.3 is 4.74 Å². The molecule has 0 aromatic heterocycles. The molecular formula is C13H14BrNO2. The minimum Gasteiger partial charge on any atom is -0.495 e. The molecule has 0 heterocycles. The second-order valence-electron chi connectivity index (χ2n) is 4.12. The summed E-state index contributed by atoms with van der Waals surface area (Å²) in [6, 6.07) is 2.13. The van der Waals surface area contributed by atoms with Crippen LogP contribution in [0.4, 0.5) is 0 Å². The largest absolute Gasteiger partial charge is 0.495 e. The number of aliphatic imine (C=N–C) groups is 1. The van der Waals surface area contributed by atoms with E-state index >= 15 is 0 Å². The van der Waals surface area contributed by atoms with Gasteiger partial charge in [0.15, 0.2) is 0 Å². The topological polar surface area (TPSA) is 38.7 Å². The molecule has 0 spiro atoms. The van der Waals surface area contributed by atoms with E-state index in [0.29, 0.717) is 6.54 Å². The van der Waals surface area contributed by atoms with Crippen LogP contribution < -0.4 is 4.74 Å². The van der Waals surface area contributed by atoms with Gasteiger partial charge in [-0.15, -0.1) is 0 Å². The molecule has 0 saturated carbocycles. The van der Waals surface area contributed by atoms with Crippen LogP contribution in [-0.2, 0) is 24.2 Å². The van der Waals surface area contributed by atoms with Crippen LogP contribution in [0.25, 0.3) is 0 Å². The first kappa shape index (κ1) is 12.3. The van der Waals surface area contributed by atoms with Crippen molar-refractivity contribution in [1.82, 2.24) is 0 Å². The lowest BCUT2D eigenvalue weighted by Crippen LogP contribution is -2.08. The van der Waals surface area contributed by atoms with E-state index in [-0.39, 0.29) is 0 Å². The fourth-order valence-corrected chi connectivity index (χ4v) is 3.11. The van der Waals surface area contributed by atoms with Crippen molar-refractivity contribution in [3.05, 3.63) is 27.2 Å². The maximum Gasteiger partial charge on any atom is 0.235 e. The highest BCUT2D eigenvalue weighted by Gasteiger charge is 2.19. The maximum atomic E-state index is 10.3. The van der Waals surface area contributed by atoms with Crippen molar-refractivity contribution in [1.29, 1.82) is 0 Å². The molecule has 0 N–H and O–H groups in total. The zero-order valence-electron chi connectivity index (χ0n) is 9.75. The van der Waals surface area contributed by atoms with Crippen molar-refractivity contribution < 1.29 is 9.53 Å². The second kappa shape index (κ2) is 5.48. The van der Waals surface area contributed by atoms with Crippen molar-refractivity contribution >= 4 is 22.0 Å². The molecule has 1 aromatic rings. The summed E-state index contributed by atoms with van der Waals surface area (Å²) >= 11 is 3.51. The minimum absolute atomic E-state index is 0.356. The van der Waals surface area contributed by atoms with Gasteiger partial charge in [0.2, 0.25) is 6.08 Å². The van der Waals surface area contributed by atoms with Crippen LogP contribution in [0.15, 0.2) is 15.5 Å². The van der Waals surface area contributed by atoms with E-state index in [1.165, 1.54) is 24.0 Å². The molecule has 0 aliphatic heterocycles. The third-order valence-electron chi connectivity index (χ3n) is 3.17. The average molecular weight is 296 g/mol. The van der Waals surface area contributed by atoms with Crippen LogP contribution in [0, 0.1) is 0 Å². The number of methoxy groups -OCH3 is 1. The monoisotopic (exact) mass is 295 g/mol. The van der Waals surface area contributed by atoms with E-state index in [1.807, 2.05) is 0 Å². The number of rotatable bonds is 3. The lowest BCUT2D eigenvalue weighted by Gasteiger charge is -2.21. The van der Waals surface area contributed by atoms with E-state index in [2.05, 4.69) is 27.0 Å². The average Bonchev–Trinajstić information content (AvgIpc) is 2.35. The fraction of sp³-hybridized carbons (Fsp3) is 0.462. The number of nitrogens with zero attached hydrogens (tertiary/aromatic N) is 1. The summed E-state index contributed by atoms with van der Waals surface area (Å²) in [7, 11) is 1.64. The van der Waals surface area contributed by atoms with E-state index < -0.39 is 0 Å². The number of hydrogen-bond donors (Lipinski definition) is 0. The van der Waals surface area contributed by atoms with Crippen molar-refractivity contribution in [2.24, 2.45) is 4.99 Å². The van der Waals surface area contributed by atoms with Gasteiger partial charge in [-0.25, -0.2) is 9.79 Å². The molecule has 2 rings (SSSR count). The Morgan fingerprint density at radius 2 is 2.24 bits per heavy atom. The molecule has 0 radical (unpaired) electrons. The van der Waals surface area contributed by atoms with Gasteiger partial charge in [-0.1, -0.05) is 0 Å². The van der Waals surface area contributed by atoms with Crippen LogP contribution in [0.2, 0.25) is 0 Å². The van der Waals surface area contributed by atoms with Gasteiger partial charge in [0, 0.05) is 5.56 Å². The molecule has 1 aliphatic carbocycles. The van der Waals surface area contributed by atoms with E-state index in [0.717, 1.165) is 28.6 Å². The highest BCUT2D eigenvalue weighted by atomic mass is 79.9. The van der Waals surface area contributed by atoms with Crippen molar-refractivity contribution in [2.45, 2.75) is 32.2 Å². The zero-order valence-corrected chi connectivity index (χ0v) is 11.3. The fourth-order valence-electron chi connectivity index (χ4n) is 2.43. The lowest BCUT2D eigenvalue weighted by atomic mass is 9.88. The van der Waals surface area contributed by atoms with Gasteiger partial charge >= 0.3 is 0 Å².